The third-order valence-corrected chi connectivity index (χ3v) is 5.08. The molecule has 0 aliphatic heterocycles. The molecule has 2 aliphatic rings. The van der Waals surface area contributed by atoms with Crippen LogP contribution in [0.3, 0.4) is 0 Å². The van der Waals surface area contributed by atoms with Crippen LogP contribution in [0.1, 0.15) is 30.4 Å². The monoisotopic (exact) mass is 264 g/mol. The van der Waals surface area contributed by atoms with E-state index in [9.17, 15) is 4.79 Å². The molecule has 1 aromatic carbocycles. The molecule has 0 radical (unpaired) electrons. The second-order valence-corrected chi connectivity index (χ2v) is 5.76. The summed E-state index contributed by atoms with van der Waals surface area (Å²) in [4.78, 5) is 12.3. The van der Waals surface area contributed by atoms with Gasteiger partial charge in [0.05, 0.1) is 12.5 Å². The number of halogens is 1. The fourth-order valence-corrected chi connectivity index (χ4v) is 4.09. The smallest absolute Gasteiger partial charge is 0.158 e. The third kappa shape index (κ3) is 1.51. The van der Waals surface area contributed by atoms with E-state index in [2.05, 4.69) is 13.0 Å². The average Bonchev–Trinajstić information content (AvgIpc) is 2.58. The maximum atomic E-state index is 12.3. The molecule has 2 nitrogen and oxygen atoms in total. The van der Waals surface area contributed by atoms with Gasteiger partial charge in [-0.2, -0.15) is 0 Å². The van der Waals surface area contributed by atoms with Gasteiger partial charge in [-0.15, -0.1) is 11.6 Å². The van der Waals surface area contributed by atoms with E-state index >= 15 is 0 Å². The summed E-state index contributed by atoms with van der Waals surface area (Å²) in [5.74, 6) is 1.81. The first-order chi connectivity index (χ1) is 8.67. The Morgan fingerprint density at radius 3 is 2.89 bits per heavy atom. The number of carbonyl (C=O) groups excluding carboxylic acids is 1. The van der Waals surface area contributed by atoms with Crippen molar-refractivity contribution in [2.24, 2.45) is 11.8 Å². The predicted octanol–water partition coefficient (Wildman–Crippen LogP) is 3.17. The molecule has 0 unspecified atom stereocenters. The number of methoxy groups -OCH3 is 1. The van der Waals surface area contributed by atoms with Crippen LogP contribution in [0, 0.1) is 11.8 Å². The van der Waals surface area contributed by atoms with Crippen molar-refractivity contribution >= 4 is 17.4 Å². The second kappa shape index (κ2) is 4.27. The molecular weight excluding hydrogens is 248 g/mol. The minimum absolute atomic E-state index is 0.0113. The Bertz CT molecular complexity index is 497. The van der Waals surface area contributed by atoms with Crippen LogP contribution < -0.4 is 4.74 Å². The fraction of sp³-hybridized carbons (Fsp3) is 0.533. The molecule has 0 spiro atoms. The number of ether oxygens (including phenoxy) is 1. The molecule has 3 heteroatoms. The lowest BCUT2D eigenvalue weighted by atomic mass is 9.73. The molecular formula is C15H17ClO2. The molecule has 0 N–H and O–H groups in total. The molecule has 2 aliphatic carbocycles. The molecule has 0 amide bonds. The number of ketones is 1. The molecule has 96 valence electrons. The Morgan fingerprint density at radius 2 is 2.22 bits per heavy atom. The van der Waals surface area contributed by atoms with Crippen LogP contribution in [-0.2, 0) is 11.2 Å². The van der Waals surface area contributed by atoms with Crippen molar-refractivity contribution in [3.63, 3.8) is 0 Å². The van der Waals surface area contributed by atoms with Gasteiger partial charge in [0.25, 0.3) is 0 Å². The van der Waals surface area contributed by atoms with E-state index in [0.29, 0.717) is 11.8 Å². The largest absolute Gasteiger partial charge is 0.497 e. The molecule has 0 heterocycles. The summed E-state index contributed by atoms with van der Waals surface area (Å²) in [5.41, 5.74) is 2.41. The van der Waals surface area contributed by atoms with Gasteiger partial charge < -0.3 is 4.74 Å². The van der Waals surface area contributed by atoms with E-state index in [1.807, 2.05) is 12.1 Å². The standard InChI is InChI=1S/C15H17ClO2/c1-3-10-12-7-8-6-9(18-2)4-5-11(8)13(10)15(17)14(12)16/h4-6,10,12-14H,3,7H2,1-2H3/t10-,12-,13-,14-/m1/s1. The van der Waals surface area contributed by atoms with Crippen LogP contribution in [0.25, 0.3) is 0 Å². The van der Waals surface area contributed by atoms with Crippen molar-refractivity contribution in [2.45, 2.75) is 31.1 Å². The highest BCUT2D eigenvalue weighted by molar-refractivity contribution is 6.33. The summed E-state index contributed by atoms with van der Waals surface area (Å²) in [7, 11) is 1.67. The van der Waals surface area contributed by atoms with Crippen LogP contribution in [0.2, 0.25) is 0 Å². The van der Waals surface area contributed by atoms with E-state index in [1.165, 1.54) is 11.1 Å². The Labute approximate surface area is 112 Å². The summed E-state index contributed by atoms with van der Waals surface area (Å²) in [6.45, 7) is 2.15. The number of hydrogen-bond donors (Lipinski definition) is 0. The third-order valence-electron chi connectivity index (χ3n) is 4.54. The number of Topliss-reactive ketones (excluding diaryl/α,β-unsaturated/α-hetero) is 1. The molecule has 4 atom stereocenters. The first-order valence-corrected chi connectivity index (χ1v) is 6.95. The van der Waals surface area contributed by atoms with Crippen LogP contribution in [0.5, 0.6) is 5.75 Å². The molecule has 0 aromatic heterocycles. The molecule has 1 saturated carbocycles. The number of fused-ring (bicyclic) bond motifs is 4. The minimum atomic E-state index is -0.307. The minimum Gasteiger partial charge on any atom is -0.497 e. The van der Waals surface area contributed by atoms with E-state index in [1.54, 1.807) is 7.11 Å². The van der Waals surface area contributed by atoms with Crippen LogP contribution in [0.4, 0.5) is 0 Å². The predicted molar refractivity (Wildman–Crippen MR) is 71.4 cm³/mol. The maximum absolute atomic E-state index is 12.3. The zero-order chi connectivity index (χ0) is 12.9. The van der Waals surface area contributed by atoms with Crippen LogP contribution in [0.15, 0.2) is 18.2 Å². The first-order valence-electron chi connectivity index (χ1n) is 6.52. The highest BCUT2D eigenvalue weighted by Crippen LogP contribution is 2.51. The van der Waals surface area contributed by atoms with Crippen molar-refractivity contribution in [3.05, 3.63) is 29.3 Å². The lowest BCUT2D eigenvalue weighted by Crippen LogP contribution is -2.24. The quantitative estimate of drug-likeness (QED) is 0.767. The Hall–Kier alpha value is -1.02. The highest BCUT2D eigenvalue weighted by Gasteiger charge is 2.52. The van der Waals surface area contributed by atoms with E-state index in [4.69, 9.17) is 16.3 Å². The van der Waals surface area contributed by atoms with Crippen molar-refractivity contribution in [3.8, 4) is 5.75 Å². The molecule has 2 bridgehead atoms. The first kappa shape index (κ1) is 12.0. The van der Waals surface area contributed by atoms with Crippen molar-refractivity contribution in [1.82, 2.24) is 0 Å². The van der Waals surface area contributed by atoms with Gasteiger partial charge in [-0.25, -0.2) is 0 Å². The van der Waals surface area contributed by atoms with Gasteiger partial charge in [-0.05, 0) is 41.5 Å². The van der Waals surface area contributed by atoms with Crippen LogP contribution in [-0.4, -0.2) is 18.3 Å². The number of rotatable bonds is 2. The van der Waals surface area contributed by atoms with Gasteiger partial charge in [0.1, 0.15) is 5.75 Å². The number of hydrogen-bond acceptors (Lipinski definition) is 2. The normalized spacial score (nSPS) is 33.4. The lowest BCUT2D eigenvalue weighted by molar-refractivity contribution is -0.118. The summed E-state index contributed by atoms with van der Waals surface area (Å²) < 4.78 is 5.26. The zero-order valence-electron chi connectivity index (χ0n) is 10.7. The number of benzene rings is 1. The van der Waals surface area contributed by atoms with Crippen molar-refractivity contribution in [2.75, 3.05) is 7.11 Å². The van der Waals surface area contributed by atoms with Gasteiger partial charge in [-0.3, -0.25) is 4.79 Å². The van der Waals surface area contributed by atoms with Crippen molar-refractivity contribution in [1.29, 1.82) is 0 Å². The fourth-order valence-electron chi connectivity index (χ4n) is 3.68. The van der Waals surface area contributed by atoms with Gasteiger partial charge in [0.2, 0.25) is 0 Å². The number of alkyl halides is 1. The summed E-state index contributed by atoms with van der Waals surface area (Å²) >= 11 is 6.32. The summed E-state index contributed by atoms with van der Waals surface area (Å²) in [6.07, 6.45) is 1.93. The van der Waals surface area contributed by atoms with Gasteiger partial charge in [0, 0.05) is 5.92 Å². The molecule has 18 heavy (non-hydrogen) atoms. The zero-order valence-corrected chi connectivity index (χ0v) is 11.4. The van der Waals surface area contributed by atoms with Crippen LogP contribution >= 0.6 is 11.6 Å². The molecule has 3 rings (SSSR count). The lowest BCUT2D eigenvalue weighted by Gasteiger charge is -2.30. The topological polar surface area (TPSA) is 26.3 Å². The molecule has 0 saturated heterocycles. The van der Waals surface area contributed by atoms with Gasteiger partial charge >= 0.3 is 0 Å². The SMILES string of the molecule is CC[C@@H]1[C@H]2Cc3cc(OC)ccc3[C@@H]1C(=O)[C@@H]2Cl. The number of carbonyl (C=O) groups is 1. The van der Waals surface area contributed by atoms with E-state index in [-0.39, 0.29) is 17.1 Å². The Morgan fingerprint density at radius 1 is 1.44 bits per heavy atom. The molecule has 1 aromatic rings. The second-order valence-electron chi connectivity index (χ2n) is 5.29. The highest BCUT2D eigenvalue weighted by atomic mass is 35.5. The summed E-state index contributed by atoms with van der Waals surface area (Å²) in [6, 6.07) is 6.05. The van der Waals surface area contributed by atoms with Crippen molar-refractivity contribution < 1.29 is 9.53 Å². The van der Waals surface area contributed by atoms with Gasteiger partial charge in [-0.1, -0.05) is 19.4 Å². The Balaban J connectivity index is 2.10. The van der Waals surface area contributed by atoms with E-state index in [0.717, 1.165) is 18.6 Å². The molecule has 1 fully saturated rings. The Kier molecular flexibility index (Phi) is 2.86. The van der Waals surface area contributed by atoms with E-state index < -0.39 is 0 Å². The summed E-state index contributed by atoms with van der Waals surface area (Å²) in [5, 5.41) is -0.307. The maximum Gasteiger partial charge on any atom is 0.158 e. The van der Waals surface area contributed by atoms with Gasteiger partial charge in [0.15, 0.2) is 5.78 Å². The average molecular weight is 265 g/mol.